The van der Waals surface area contributed by atoms with E-state index >= 15 is 0 Å². The van der Waals surface area contributed by atoms with Crippen LogP contribution >= 0.6 is 0 Å². The molecule has 0 saturated heterocycles. The van der Waals surface area contributed by atoms with E-state index in [9.17, 15) is 14.4 Å². The van der Waals surface area contributed by atoms with Gasteiger partial charge in [-0.2, -0.15) is 0 Å². The minimum Gasteiger partial charge on any atom is -0.462 e. The van der Waals surface area contributed by atoms with Gasteiger partial charge in [0.05, 0.1) is 6.42 Å². The largest absolute Gasteiger partial charge is 0.462 e. The summed E-state index contributed by atoms with van der Waals surface area (Å²) in [4.78, 5) is 37.7. The van der Waals surface area contributed by atoms with E-state index in [0.717, 1.165) is 70.6 Å². The highest BCUT2D eigenvalue weighted by Gasteiger charge is 2.19. The molecule has 0 aliphatic carbocycles. The van der Waals surface area contributed by atoms with Crippen LogP contribution in [0.3, 0.4) is 0 Å². The maximum Gasteiger partial charge on any atom is 0.310 e. The van der Waals surface area contributed by atoms with E-state index in [1.54, 1.807) is 6.08 Å². The summed E-state index contributed by atoms with van der Waals surface area (Å²) >= 11 is 0. The highest BCUT2D eigenvalue weighted by molar-refractivity contribution is 5.72. The first-order chi connectivity index (χ1) is 33.5. The van der Waals surface area contributed by atoms with Gasteiger partial charge in [-0.1, -0.05) is 267 Å². The monoisotopic (exact) mass is 949 g/mol. The van der Waals surface area contributed by atoms with Gasteiger partial charge in [-0.25, -0.2) is 0 Å². The van der Waals surface area contributed by atoms with Gasteiger partial charge in [-0.05, 0) is 70.6 Å². The van der Waals surface area contributed by atoms with Crippen molar-refractivity contribution >= 4 is 17.9 Å². The van der Waals surface area contributed by atoms with Gasteiger partial charge >= 0.3 is 17.9 Å². The van der Waals surface area contributed by atoms with Gasteiger partial charge in [0.25, 0.3) is 0 Å². The molecular formula is C62H108O6. The first-order valence-electron chi connectivity index (χ1n) is 28.9. The van der Waals surface area contributed by atoms with E-state index in [1.807, 2.05) is 6.08 Å². The van der Waals surface area contributed by atoms with Gasteiger partial charge in [-0.3, -0.25) is 14.4 Å². The minimum absolute atomic E-state index is 0.0992. The Balaban J connectivity index is 4.08. The molecule has 0 saturated carbocycles. The normalized spacial score (nSPS) is 12.6. The molecule has 0 aromatic heterocycles. The Bertz CT molecular complexity index is 1270. The maximum absolute atomic E-state index is 12.7. The van der Waals surface area contributed by atoms with Crippen molar-refractivity contribution in [3.8, 4) is 0 Å². The molecule has 6 nitrogen and oxygen atoms in total. The average molecular weight is 950 g/mol. The fourth-order valence-corrected chi connectivity index (χ4v) is 8.16. The number of ether oxygens (including phenoxy) is 3. The van der Waals surface area contributed by atoms with Crippen LogP contribution in [0.2, 0.25) is 0 Å². The topological polar surface area (TPSA) is 78.9 Å². The van der Waals surface area contributed by atoms with Crippen LogP contribution in [-0.4, -0.2) is 37.2 Å². The lowest BCUT2D eigenvalue weighted by atomic mass is 10.0. The molecule has 6 heteroatoms. The molecule has 0 aliphatic rings. The molecule has 0 bridgehead atoms. The first kappa shape index (κ1) is 64.8. The molecule has 1 atom stereocenters. The molecule has 0 aromatic carbocycles. The number of carbonyl (C=O) groups is 3. The van der Waals surface area contributed by atoms with Crippen molar-refractivity contribution in [3.05, 3.63) is 72.9 Å². The van der Waals surface area contributed by atoms with Gasteiger partial charge in [0.1, 0.15) is 13.2 Å². The number of hydrogen-bond donors (Lipinski definition) is 0. The second kappa shape index (κ2) is 56.4. The van der Waals surface area contributed by atoms with E-state index in [2.05, 4.69) is 81.5 Å². The van der Waals surface area contributed by atoms with Gasteiger partial charge < -0.3 is 14.2 Å². The van der Waals surface area contributed by atoms with E-state index < -0.39 is 12.1 Å². The predicted molar refractivity (Wildman–Crippen MR) is 293 cm³/mol. The van der Waals surface area contributed by atoms with Crippen LogP contribution in [0, 0.1) is 0 Å². The molecule has 0 rings (SSSR count). The molecule has 0 spiro atoms. The third kappa shape index (κ3) is 53.8. The fourth-order valence-electron chi connectivity index (χ4n) is 8.16. The molecule has 1 unspecified atom stereocenters. The summed E-state index contributed by atoms with van der Waals surface area (Å²) in [7, 11) is 0. The zero-order chi connectivity index (χ0) is 49.3. The number of allylic oxidation sites excluding steroid dienone is 11. The smallest absolute Gasteiger partial charge is 0.310 e. The Morgan fingerprint density at radius 3 is 0.956 bits per heavy atom. The van der Waals surface area contributed by atoms with Crippen molar-refractivity contribution in [2.45, 2.75) is 290 Å². The number of rotatable bonds is 52. The van der Waals surface area contributed by atoms with Gasteiger partial charge in [0, 0.05) is 12.8 Å². The minimum atomic E-state index is -0.825. The second-order valence-corrected chi connectivity index (χ2v) is 19.2. The summed E-state index contributed by atoms with van der Waals surface area (Å²) in [6.45, 7) is 6.39. The zero-order valence-electron chi connectivity index (χ0n) is 44.9. The Kier molecular flexibility index (Phi) is 53.8. The molecule has 0 radical (unpaired) electrons. The maximum atomic E-state index is 12.7. The average Bonchev–Trinajstić information content (AvgIpc) is 3.34. The highest BCUT2D eigenvalue weighted by Crippen LogP contribution is 2.16. The van der Waals surface area contributed by atoms with Crippen LogP contribution in [0.5, 0.6) is 0 Å². The molecule has 0 fully saturated rings. The van der Waals surface area contributed by atoms with E-state index in [4.69, 9.17) is 14.2 Å². The predicted octanol–water partition coefficient (Wildman–Crippen LogP) is 19.4. The summed E-state index contributed by atoms with van der Waals surface area (Å²) in [5.74, 6) is -1.05. The van der Waals surface area contributed by atoms with E-state index in [-0.39, 0.29) is 31.6 Å². The number of carbonyl (C=O) groups excluding carboxylic acids is 3. The SMILES string of the molecule is CC/C=C\C/C=C\C/C=C\C/C=C\C/C=C\CC(=O)OC(COC(=O)CCCCCCCC)COC(=O)CCCCCCCCCCCCCCCCCCC/C=C\CCCCCCCCCC. The quantitative estimate of drug-likeness (QED) is 0.0262. The molecule has 0 amide bonds. The summed E-state index contributed by atoms with van der Waals surface area (Å²) in [5.41, 5.74) is 0. The van der Waals surface area contributed by atoms with Crippen LogP contribution in [0.25, 0.3) is 0 Å². The number of hydrogen-bond acceptors (Lipinski definition) is 6. The Morgan fingerprint density at radius 1 is 0.324 bits per heavy atom. The summed E-state index contributed by atoms with van der Waals surface area (Å²) in [6.07, 6.45) is 72.6. The van der Waals surface area contributed by atoms with E-state index in [0.29, 0.717) is 12.8 Å². The molecule has 68 heavy (non-hydrogen) atoms. The lowest BCUT2D eigenvalue weighted by Gasteiger charge is -2.18. The molecule has 0 aliphatic heterocycles. The zero-order valence-corrected chi connectivity index (χ0v) is 44.9. The highest BCUT2D eigenvalue weighted by atomic mass is 16.6. The molecule has 392 valence electrons. The Labute approximate surface area is 421 Å². The van der Waals surface area contributed by atoms with Crippen LogP contribution < -0.4 is 0 Å². The molecular weight excluding hydrogens is 841 g/mol. The van der Waals surface area contributed by atoms with Gasteiger partial charge in [0.15, 0.2) is 6.10 Å². The first-order valence-corrected chi connectivity index (χ1v) is 28.9. The Morgan fingerprint density at radius 2 is 0.618 bits per heavy atom. The summed E-state index contributed by atoms with van der Waals surface area (Å²) < 4.78 is 16.6. The third-order valence-corrected chi connectivity index (χ3v) is 12.5. The lowest BCUT2D eigenvalue weighted by molar-refractivity contribution is -0.166. The number of esters is 3. The van der Waals surface area contributed by atoms with Crippen molar-refractivity contribution in [1.82, 2.24) is 0 Å². The van der Waals surface area contributed by atoms with Crippen molar-refractivity contribution in [1.29, 1.82) is 0 Å². The third-order valence-electron chi connectivity index (χ3n) is 12.5. The van der Waals surface area contributed by atoms with Crippen molar-refractivity contribution < 1.29 is 28.6 Å². The lowest BCUT2D eigenvalue weighted by Crippen LogP contribution is -2.30. The van der Waals surface area contributed by atoms with Crippen molar-refractivity contribution in [2.24, 2.45) is 0 Å². The second-order valence-electron chi connectivity index (χ2n) is 19.2. The van der Waals surface area contributed by atoms with Crippen LogP contribution in [0.1, 0.15) is 284 Å². The van der Waals surface area contributed by atoms with Gasteiger partial charge in [-0.15, -0.1) is 0 Å². The Hall–Kier alpha value is -3.15. The molecule has 0 heterocycles. The van der Waals surface area contributed by atoms with Crippen LogP contribution in [0.4, 0.5) is 0 Å². The summed E-state index contributed by atoms with van der Waals surface area (Å²) in [5, 5.41) is 0. The molecule has 0 aromatic rings. The molecule has 0 N–H and O–H groups in total. The van der Waals surface area contributed by atoms with Crippen molar-refractivity contribution in [2.75, 3.05) is 13.2 Å². The fraction of sp³-hybridized carbons (Fsp3) is 0.758. The van der Waals surface area contributed by atoms with Crippen LogP contribution in [0.15, 0.2) is 72.9 Å². The van der Waals surface area contributed by atoms with Gasteiger partial charge in [0.2, 0.25) is 0 Å². The van der Waals surface area contributed by atoms with Crippen molar-refractivity contribution in [3.63, 3.8) is 0 Å². The number of unbranched alkanes of at least 4 members (excludes halogenated alkanes) is 30. The van der Waals surface area contributed by atoms with Crippen LogP contribution in [-0.2, 0) is 28.6 Å². The standard InChI is InChI=1S/C62H108O6/c1-4-7-10-13-16-18-20-22-24-25-26-27-28-29-30-31-32-33-34-35-36-37-39-40-42-44-46-49-52-55-61(64)67-58-59(57-66-60(63)54-51-48-15-12-9-6-3)68-62(65)56-53-50-47-45-43-41-38-23-21-19-17-14-11-8-5-2/h8,11,17,19,23,25-26,38,43,45,50,53,59H,4-7,9-10,12-16,18,20-22,24,27-37,39-42,44,46-49,51-52,54-58H2,1-3H3/b11-8-,19-17-,26-25-,38-23-,45-43-,53-50-. The summed E-state index contributed by atoms with van der Waals surface area (Å²) in [6, 6.07) is 0. The van der Waals surface area contributed by atoms with E-state index in [1.165, 1.54) is 173 Å².